The van der Waals surface area contributed by atoms with Crippen LogP contribution in [-0.4, -0.2) is 31.6 Å². The number of carbonyl (C=O) groups excluding carboxylic acids is 2. The molecule has 0 spiro atoms. The molecule has 7 heteroatoms. The van der Waals surface area contributed by atoms with E-state index in [1.807, 2.05) is 6.92 Å². The SMILES string of the molecule is CNC(=O)COc1cccc(NC(=O)C(C)Oc2ccc(Cl)cc2C)c1. The Morgan fingerprint density at radius 3 is 2.65 bits per heavy atom. The first kappa shape index (κ1) is 19.6. The number of ether oxygens (including phenoxy) is 2. The van der Waals surface area contributed by atoms with Crippen LogP contribution in [0.15, 0.2) is 42.5 Å². The molecule has 0 bridgehead atoms. The normalized spacial score (nSPS) is 11.4. The lowest BCUT2D eigenvalue weighted by Gasteiger charge is -2.16. The van der Waals surface area contributed by atoms with Crippen molar-refractivity contribution in [2.75, 3.05) is 19.0 Å². The van der Waals surface area contributed by atoms with Crippen molar-refractivity contribution < 1.29 is 19.1 Å². The first-order valence-corrected chi connectivity index (χ1v) is 8.44. The quantitative estimate of drug-likeness (QED) is 0.778. The number of rotatable bonds is 7. The molecule has 0 aliphatic heterocycles. The lowest BCUT2D eigenvalue weighted by Crippen LogP contribution is -2.30. The van der Waals surface area contributed by atoms with Gasteiger partial charge in [-0.2, -0.15) is 0 Å². The topological polar surface area (TPSA) is 76.7 Å². The van der Waals surface area contributed by atoms with Gasteiger partial charge in [0.15, 0.2) is 12.7 Å². The second-order valence-corrected chi connectivity index (χ2v) is 6.09. The highest BCUT2D eigenvalue weighted by Gasteiger charge is 2.16. The van der Waals surface area contributed by atoms with Crippen LogP contribution < -0.4 is 20.1 Å². The molecule has 0 saturated carbocycles. The second-order valence-electron chi connectivity index (χ2n) is 5.65. The fourth-order valence-corrected chi connectivity index (χ4v) is 2.34. The van der Waals surface area contributed by atoms with Gasteiger partial charge in [0, 0.05) is 23.8 Å². The third-order valence-electron chi connectivity index (χ3n) is 3.56. The summed E-state index contributed by atoms with van der Waals surface area (Å²) in [4.78, 5) is 23.6. The van der Waals surface area contributed by atoms with E-state index in [0.29, 0.717) is 22.2 Å². The monoisotopic (exact) mass is 376 g/mol. The Bertz CT molecular complexity index is 795. The Labute approximate surface area is 157 Å². The smallest absolute Gasteiger partial charge is 0.265 e. The van der Waals surface area contributed by atoms with Gasteiger partial charge in [-0.3, -0.25) is 9.59 Å². The largest absolute Gasteiger partial charge is 0.484 e. The Morgan fingerprint density at radius 1 is 1.19 bits per heavy atom. The predicted molar refractivity (Wildman–Crippen MR) is 101 cm³/mol. The van der Waals surface area contributed by atoms with Crippen molar-refractivity contribution in [3.8, 4) is 11.5 Å². The minimum absolute atomic E-state index is 0.0940. The van der Waals surface area contributed by atoms with Crippen LogP contribution in [0.5, 0.6) is 11.5 Å². The number of amides is 2. The lowest BCUT2D eigenvalue weighted by molar-refractivity contribution is -0.123. The van der Waals surface area contributed by atoms with E-state index in [4.69, 9.17) is 21.1 Å². The maximum absolute atomic E-state index is 12.4. The summed E-state index contributed by atoms with van der Waals surface area (Å²) in [5, 5.41) is 5.85. The zero-order chi connectivity index (χ0) is 19.1. The van der Waals surface area contributed by atoms with Crippen LogP contribution in [0.3, 0.4) is 0 Å². The van der Waals surface area contributed by atoms with E-state index >= 15 is 0 Å². The van der Waals surface area contributed by atoms with Gasteiger partial charge in [-0.15, -0.1) is 0 Å². The summed E-state index contributed by atoms with van der Waals surface area (Å²) in [7, 11) is 1.53. The number of benzene rings is 2. The number of carbonyl (C=O) groups is 2. The molecule has 2 rings (SSSR count). The number of nitrogens with one attached hydrogen (secondary N) is 2. The van der Waals surface area contributed by atoms with E-state index < -0.39 is 6.10 Å². The van der Waals surface area contributed by atoms with Crippen molar-refractivity contribution in [1.82, 2.24) is 5.32 Å². The molecule has 138 valence electrons. The van der Waals surface area contributed by atoms with Gasteiger partial charge in [-0.25, -0.2) is 0 Å². The summed E-state index contributed by atoms with van der Waals surface area (Å²) in [5.41, 5.74) is 1.40. The van der Waals surface area contributed by atoms with Gasteiger partial charge in [0.05, 0.1) is 0 Å². The molecule has 0 aliphatic rings. The van der Waals surface area contributed by atoms with E-state index in [1.54, 1.807) is 49.4 Å². The van der Waals surface area contributed by atoms with Gasteiger partial charge in [0.2, 0.25) is 0 Å². The molecular formula is C19H21ClN2O4. The van der Waals surface area contributed by atoms with Gasteiger partial charge in [0.25, 0.3) is 11.8 Å². The van der Waals surface area contributed by atoms with Crippen molar-refractivity contribution in [2.45, 2.75) is 20.0 Å². The molecule has 2 N–H and O–H groups in total. The van der Waals surface area contributed by atoms with Crippen LogP contribution in [0.1, 0.15) is 12.5 Å². The van der Waals surface area contributed by atoms with Crippen LogP contribution >= 0.6 is 11.6 Å². The molecule has 2 aromatic carbocycles. The average Bonchev–Trinajstić information content (AvgIpc) is 2.62. The van der Waals surface area contributed by atoms with Crippen LogP contribution in [0.2, 0.25) is 5.02 Å². The third kappa shape index (κ3) is 5.67. The number of anilines is 1. The van der Waals surface area contributed by atoms with Gasteiger partial charge in [-0.05, 0) is 49.7 Å². The molecule has 1 unspecified atom stereocenters. The second kappa shape index (κ2) is 9.10. The summed E-state index contributed by atoms with van der Waals surface area (Å²) in [6.45, 7) is 3.43. The van der Waals surface area contributed by atoms with Crippen molar-refractivity contribution in [1.29, 1.82) is 0 Å². The van der Waals surface area contributed by atoms with E-state index in [2.05, 4.69) is 10.6 Å². The van der Waals surface area contributed by atoms with Crippen molar-refractivity contribution in [3.05, 3.63) is 53.1 Å². The summed E-state index contributed by atoms with van der Waals surface area (Å²) in [6, 6.07) is 12.0. The van der Waals surface area contributed by atoms with Crippen LogP contribution in [0.4, 0.5) is 5.69 Å². The Hall–Kier alpha value is -2.73. The number of halogens is 1. The molecular weight excluding hydrogens is 356 g/mol. The van der Waals surface area contributed by atoms with Crippen molar-refractivity contribution in [2.24, 2.45) is 0 Å². The highest BCUT2D eigenvalue weighted by Crippen LogP contribution is 2.23. The molecule has 1 atom stereocenters. The maximum atomic E-state index is 12.4. The van der Waals surface area contributed by atoms with E-state index in [1.165, 1.54) is 7.05 Å². The summed E-state index contributed by atoms with van der Waals surface area (Å²) >= 11 is 5.92. The van der Waals surface area contributed by atoms with Crippen LogP contribution in [-0.2, 0) is 9.59 Å². The van der Waals surface area contributed by atoms with Crippen LogP contribution in [0.25, 0.3) is 0 Å². The van der Waals surface area contributed by atoms with Crippen LogP contribution in [0, 0.1) is 6.92 Å². The van der Waals surface area contributed by atoms with E-state index in [9.17, 15) is 9.59 Å². The molecule has 0 fully saturated rings. The highest BCUT2D eigenvalue weighted by molar-refractivity contribution is 6.30. The fraction of sp³-hybridized carbons (Fsp3) is 0.263. The third-order valence-corrected chi connectivity index (χ3v) is 3.80. The molecule has 0 aliphatic carbocycles. The average molecular weight is 377 g/mol. The summed E-state index contributed by atoms with van der Waals surface area (Å²) < 4.78 is 11.1. The van der Waals surface area contributed by atoms with Gasteiger partial charge in [-0.1, -0.05) is 17.7 Å². The highest BCUT2D eigenvalue weighted by atomic mass is 35.5. The molecule has 26 heavy (non-hydrogen) atoms. The number of hydrogen-bond acceptors (Lipinski definition) is 4. The Balaban J connectivity index is 1.96. The first-order chi connectivity index (χ1) is 12.4. The standard InChI is InChI=1S/C19H21ClN2O4/c1-12-9-14(20)7-8-17(12)26-13(2)19(24)22-15-5-4-6-16(10-15)25-11-18(23)21-3/h4-10,13H,11H2,1-3H3,(H,21,23)(H,22,24). The molecule has 6 nitrogen and oxygen atoms in total. The minimum Gasteiger partial charge on any atom is -0.484 e. The van der Waals surface area contributed by atoms with Crippen molar-refractivity contribution in [3.63, 3.8) is 0 Å². The Kier molecular flexibility index (Phi) is 6.86. The minimum atomic E-state index is -0.703. The molecule has 0 radical (unpaired) electrons. The fourth-order valence-electron chi connectivity index (χ4n) is 2.12. The molecule has 0 saturated heterocycles. The van der Waals surface area contributed by atoms with Gasteiger partial charge in [0.1, 0.15) is 11.5 Å². The van der Waals surface area contributed by atoms with Crippen molar-refractivity contribution >= 4 is 29.1 Å². The lowest BCUT2D eigenvalue weighted by atomic mass is 10.2. The van der Waals surface area contributed by atoms with E-state index in [0.717, 1.165) is 5.56 Å². The number of likely N-dealkylation sites (N-methyl/N-ethyl adjacent to an activating group) is 1. The molecule has 2 aromatic rings. The van der Waals surface area contributed by atoms with E-state index in [-0.39, 0.29) is 18.4 Å². The maximum Gasteiger partial charge on any atom is 0.265 e. The Morgan fingerprint density at radius 2 is 1.96 bits per heavy atom. The predicted octanol–water partition coefficient (Wildman–Crippen LogP) is 3.18. The summed E-state index contributed by atoms with van der Waals surface area (Å²) in [5.74, 6) is 0.538. The number of aryl methyl sites for hydroxylation is 1. The number of hydrogen-bond donors (Lipinski definition) is 2. The van der Waals surface area contributed by atoms with Gasteiger partial charge >= 0.3 is 0 Å². The van der Waals surface area contributed by atoms with Gasteiger partial charge < -0.3 is 20.1 Å². The molecule has 0 aromatic heterocycles. The summed E-state index contributed by atoms with van der Waals surface area (Å²) in [6.07, 6.45) is -0.703. The molecule has 0 heterocycles. The molecule has 2 amide bonds. The zero-order valence-electron chi connectivity index (χ0n) is 14.8. The first-order valence-electron chi connectivity index (χ1n) is 8.06. The zero-order valence-corrected chi connectivity index (χ0v) is 15.6.